The van der Waals surface area contributed by atoms with Gasteiger partial charge in [0, 0.05) is 6.54 Å². The van der Waals surface area contributed by atoms with E-state index in [0.29, 0.717) is 19.3 Å². The molecule has 90 valence electrons. The standard InChI is InChI=1S/C12H25NO2/c1-3-10-5-4-6-12(7-10)15-9-11(14)8-13-2/h10-14H,3-9H2,1-2H3. The Hall–Kier alpha value is -0.120. The first-order valence-corrected chi connectivity index (χ1v) is 6.20. The van der Waals surface area contributed by atoms with E-state index >= 15 is 0 Å². The lowest BCUT2D eigenvalue weighted by Crippen LogP contribution is -2.31. The van der Waals surface area contributed by atoms with Gasteiger partial charge in [-0.15, -0.1) is 0 Å². The second-order valence-corrected chi connectivity index (χ2v) is 4.61. The summed E-state index contributed by atoms with van der Waals surface area (Å²) in [4.78, 5) is 0. The van der Waals surface area contributed by atoms with Crippen molar-refractivity contribution in [3.63, 3.8) is 0 Å². The van der Waals surface area contributed by atoms with E-state index < -0.39 is 0 Å². The van der Waals surface area contributed by atoms with Crippen LogP contribution in [0.15, 0.2) is 0 Å². The van der Waals surface area contributed by atoms with Gasteiger partial charge in [-0.1, -0.05) is 26.2 Å². The maximum absolute atomic E-state index is 9.52. The summed E-state index contributed by atoms with van der Waals surface area (Å²) in [7, 11) is 1.84. The molecule has 0 saturated heterocycles. The van der Waals surface area contributed by atoms with Crippen LogP contribution in [0.3, 0.4) is 0 Å². The Balaban J connectivity index is 2.14. The van der Waals surface area contributed by atoms with E-state index in [1.165, 1.54) is 32.1 Å². The minimum Gasteiger partial charge on any atom is -0.389 e. The van der Waals surface area contributed by atoms with Crippen LogP contribution in [-0.4, -0.2) is 37.5 Å². The number of hydrogen-bond donors (Lipinski definition) is 2. The molecule has 3 unspecified atom stereocenters. The van der Waals surface area contributed by atoms with Crippen LogP contribution in [-0.2, 0) is 4.74 Å². The number of rotatable bonds is 6. The van der Waals surface area contributed by atoms with E-state index in [9.17, 15) is 5.11 Å². The van der Waals surface area contributed by atoms with Gasteiger partial charge in [-0.25, -0.2) is 0 Å². The molecule has 1 saturated carbocycles. The summed E-state index contributed by atoms with van der Waals surface area (Å²) in [5.74, 6) is 0.838. The minimum atomic E-state index is -0.364. The van der Waals surface area contributed by atoms with Gasteiger partial charge < -0.3 is 15.2 Å². The number of aliphatic hydroxyl groups is 1. The van der Waals surface area contributed by atoms with Crippen LogP contribution < -0.4 is 5.32 Å². The van der Waals surface area contributed by atoms with Crippen molar-refractivity contribution in [3.05, 3.63) is 0 Å². The third-order valence-electron chi connectivity index (χ3n) is 3.28. The third-order valence-corrected chi connectivity index (χ3v) is 3.28. The van der Waals surface area contributed by atoms with Crippen LogP contribution >= 0.6 is 0 Å². The molecular formula is C12H25NO2. The molecule has 3 atom stereocenters. The average molecular weight is 215 g/mol. The lowest BCUT2D eigenvalue weighted by atomic mass is 9.85. The van der Waals surface area contributed by atoms with E-state index in [2.05, 4.69) is 12.2 Å². The third kappa shape index (κ3) is 4.96. The van der Waals surface area contributed by atoms with Crippen molar-refractivity contribution < 1.29 is 9.84 Å². The first-order valence-electron chi connectivity index (χ1n) is 6.20. The zero-order chi connectivity index (χ0) is 11.1. The molecule has 1 aliphatic carbocycles. The van der Waals surface area contributed by atoms with Crippen molar-refractivity contribution in [2.24, 2.45) is 5.92 Å². The van der Waals surface area contributed by atoms with Crippen LogP contribution in [0.2, 0.25) is 0 Å². The molecule has 1 rings (SSSR count). The van der Waals surface area contributed by atoms with Gasteiger partial charge in [0.15, 0.2) is 0 Å². The molecule has 0 heterocycles. The van der Waals surface area contributed by atoms with Crippen LogP contribution in [0, 0.1) is 5.92 Å². The maximum atomic E-state index is 9.52. The van der Waals surface area contributed by atoms with E-state index in [-0.39, 0.29) is 6.10 Å². The molecule has 2 N–H and O–H groups in total. The van der Waals surface area contributed by atoms with E-state index in [1.54, 1.807) is 0 Å². The van der Waals surface area contributed by atoms with Gasteiger partial charge in [0.2, 0.25) is 0 Å². The predicted octanol–water partition coefficient (Wildman–Crippen LogP) is 1.55. The second-order valence-electron chi connectivity index (χ2n) is 4.61. The Morgan fingerprint density at radius 2 is 2.27 bits per heavy atom. The Labute approximate surface area is 93.2 Å². The first-order chi connectivity index (χ1) is 7.26. The van der Waals surface area contributed by atoms with Gasteiger partial charge in [0.1, 0.15) is 0 Å². The molecule has 0 spiro atoms. The summed E-state index contributed by atoms with van der Waals surface area (Å²) >= 11 is 0. The first kappa shape index (κ1) is 12.9. The van der Waals surface area contributed by atoms with Crippen molar-refractivity contribution in [1.82, 2.24) is 5.32 Å². The van der Waals surface area contributed by atoms with Crippen molar-refractivity contribution in [2.45, 2.75) is 51.2 Å². The van der Waals surface area contributed by atoms with E-state index in [4.69, 9.17) is 4.74 Å². The fourth-order valence-corrected chi connectivity index (χ4v) is 2.31. The summed E-state index contributed by atoms with van der Waals surface area (Å²) in [6.07, 6.45) is 6.28. The molecule has 0 aliphatic heterocycles. The monoisotopic (exact) mass is 215 g/mol. The SMILES string of the molecule is CCC1CCCC(OCC(O)CNC)C1. The second kappa shape index (κ2) is 7.20. The molecule has 15 heavy (non-hydrogen) atoms. The lowest BCUT2D eigenvalue weighted by molar-refractivity contribution is -0.0319. The summed E-state index contributed by atoms with van der Waals surface area (Å²) in [5, 5.41) is 12.5. The van der Waals surface area contributed by atoms with Crippen molar-refractivity contribution >= 4 is 0 Å². The van der Waals surface area contributed by atoms with Gasteiger partial charge in [0.05, 0.1) is 18.8 Å². The summed E-state index contributed by atoms with van der Waals surface area (Å²) in [6.45, 7) is 3.34. The number of ether oxygens (including phenoxy) is 1. The molecule has 0 aromatic rings. The topological polar surface area (TPSA) is 41.5 Å². The van der Waals surface area contributed by atoms with E-state index in [1.807, 2.05) is 7.05 Å². The van der Waals surface area contributed by atoms with Gasteiger partial charge in [-0.05, 0) is 25.8 Å². The Morgan fingerprint density at radius 3 is 2.93 bits per heavy atom. The number of aliphatic hydroxyl groups excluding tert-OH is 1. The Bertz CT molecular complexity index is 164. The summed E-state index contributed by atoms with van der Waals surface area (Å²) in [6, 6.07) is 0. The highest BCUT2D eigenvalue weighted by molar-refractivity contribution is 4.73. The highest BCUT2D eigenvalue weighted by atomic mass is 16.5. The van der Waals surface area contributed by atoms with Gasteiger partial charge >= 0.3 is 0 Å². The lowest BCUT2D eigenvalue weighted by Gasteiger charge is -2.29. The molecule has 0 amide bonds. The van der Waals surface area contributed by atoms with E-state index in [0.717, 1.165) is 5.92 Å². The fourth-order valence-electron chi connectivity index (χ4n) is 2.31. The normalized spacial score (nSPS) is 29.0. The Morgan fingerprint density at radius 1 is 1.47 bits per heavy atom. The zero-order valence-electron chi connectivity index (χ0n) is 10.0. The molecule has 0 radical (unpaired) electrons. The van der Waals surface area contributed by atoms with Crippen LogP contribution in [0.4, 0.5) is 0 Å². The maximum Gasteiger partial charge on any atom is 0.0897 e. The molecule has 1 aliphatic rings. The van der Waals surface area contributed by atoms with Crippen LogP contribution in [0.1, 0.15) is 39.0 Å². The number of likely N-dealkylation sites (N-methyl/N-ethyl adjacent to an activating group) is 1. The zero-order valence-corrected chi connectivity index (χ0v) is 10.0. The quantitative estimate of drug-likeness (QED) is 0.706. The summed E-state index contributed by atoms with van der Waals surface area (Å²) < 4.78 is 5.74. The van der Waals surface area contributed by atoms with Gasteiger partial charge in [-0.2, -0.15) is 0 Å². The number of hydrogen-bond acceptors (Lipinski definition) is 3. The molecule has 3 nitrogen and oxygen atoms in total. The van der Waals surface area contributed by atoms with Crippen molar-refractivity contribution in [3.8, 4) is 0 Å². The van der Waals surface area contributed by atoms with Crippen molar-refractivity contribution in [1.29, 1.82) is 0 Å². The number of nitrogens with one attached hydrogen (secondary N) is 1. The molecule has 0 bridgehead atoms. The molecule has 3 heteroatoms. The molecule has 0 aromatic carbocycles. The highest BCUT2D eigenvalue weighted by Gasteiger charge is 2.21. The predicted molar refractivity (Wildman–Crippen MR) is 61.9 cm³/mol. The van der Waals surface area contributed by atoms with Crippen molar-refractivity contribution in [2.75, 3.05) is 20.2 Å². The molecular weight excluding hydrogens is 190 g/mol. The average Bonchev–Trinajstić information content (AvgIpc) is 2.27. The minimum absolute atomic E-state index is 0.364. The van der Waals surface area contributed by atoms with Gasteiger partial charge in [-0.3, -0.25) is 0 Å². The highest BCUT2D eigenvalue weighted by Crippen LogP contribution is 2.28. The van der Waals surface area contributed by atoms with Crippen LogP contribution in [0.5, 0.6) is 0 Å². The molecule has 0 aromatic heterocycles. The Kier molecular flexibility index (Phi) is 6.22. The molecule has 1 fully saturated rings. The fraction of sp³-hybridized carbons (Fsp3) is 1.00. The summed E-state index contributed by atoms with van der Waals surface area (Å²) in [5.41, 5.74) is 0. The van der Waals surface area contributed by atoms with Gasteiger partial charge in [0.25, 0.3) is 0 Å². The largest absolute Gasteiger partial charge is 0.389 e. The smallest absolute Gasteiger partial charge is 0.0897 e. The van der Waals surface area contributed by atoms with Crippen LogP contribution in [0.25, 0.3) is 0 Å².